The van der Waals surface area contributed by atoms with Crippen molar-refractivity contribution in [3.63, 3.8) is 0 Å². The summed E-state index contributed by atoms with van der Waals surface area (Å²) < 4.78 is 5.41. The molecule has 1 N–H and O–H groups in total. The Balaban J connectivity index is 1.84. The Morgan fingerprint density at radius 2 is 1.72 bits per heavy atom. The third-order valence-electron chi connectivity index (χ3n) is 5.52. The summed E-state index contributed by atoms with van der Waals surface area (Å²) in [5.41, 5.74) is -0.377. The van der Waals surface area contributed by atoms with E-state index < -0.39 is 5.60 Å². The van der Waals surface area contributed by atoms with Crippen molar-refractivity contribution in [1.29, 1.82) is 5.26 Å². The Labute approximate surface area is 174 Å². The van der Waals surface area contributed by atoms with Gasteiger partial charge in [-0.05, 0) is 66.6 Å². The zero-order valence-corrected chi connectivity index (χ0v) is 18.4. The Morgan fingerprint density at radius 3 is 2.24 bits per heavy atom. The molecule has 0 unspecified atom stereocenters. The third kappa shape index (κ3) is 6.93. The van der Waals surface area contributed by atoms with Crippen molar-refractivity contribution in [2.75, 3.05) is 40.3 Å². The smallest absolute Gasteiger partial charge is 0.410 e. The molecule has 0 bridgehead atoms. The second-order valence-electron chi connectivity index (χ2n) is 9.03. The van der Waals surface area contributed by atoms with E-state index in [1.54, 1.807) is 23.0 Å². The van der Waals surface area contributed by atoms with Crippen LogP contribution in [0, 0.1) is 11.3 Å². The quantitative estimate of drug-likeness (QED) is 0.568. The molecule has 2 aliphatic rings. The maximum absolute atomic E-state index is 12.7. The number of nitriles is 1. The number of hydrogen-bond acceptors (Lipinski definition) is 6. The van der Waals surface area contributed by atoms with E-state index in [1.165, 1.54) is 0 Å². The Morgan fingerprint density at radius 1 is 1.14 bits per heavy atom. The van der Waals surface area contributed by atoms with E-state index in [-0.39, 0.29) is 29.7 Å². The Bertz CT molecular complexity index is 648. The van der Waals surface area contributed by atoms with Gasteiger partial charge in [-0.15, -0.1) is 0 Å². The summed E-state index contributed by atoms with van der Waals surface area (Å²) in [5.74, 6) is -0.235. The van der Waals surface area contributed by atoms with E-state index in [9.17, 15) is 14.9 Å². The lowest BCUT2D eigenvalue weighted by atomic mass is 10.0. The van der Waals surface area contributed by atoms with Gasteiger partial charge in [-0.3, -0.25) is 4.79 Å². The topological polar surface area (TPSA) is 88.9 Å². The molecule has 162 valence electrons. The molecule has 2 aliphatic heterocycles. The van der Waals surface area contributed by atoms with Crippen molar-refractivity contribution in [3.8, 4) is 6.07 Å². The fourth-order valence-corrected chi connectivity index (χ4v) is 3.64. The largest absolute Gasteiger partial charge is 0.444 e. The van der Waals surface area contributed by atoms with Gasteiger partial charge in [0.25, 0.3) is 5.91 Å². The second kappa shape index (κ2) is 9.97. The van der Waals surface area contributed by atoms with Gasteiger partial charge < -0.3 is 24.8 Å². The zero-order chi connectivity index (χ0) is 21.6. The van der Waals surface area contributed by atoms with Crippen molar-refractivity contribution < 1.29 is 14.3 Å². The maximum Gasteiger partial charge on any atom is 0.410 e. The zero-order valence-electron chi connectivity index (χ0n) is 18.4. The lowest BCUT2D eigenvalue weighted by Crippen LogP contribution is -2.46. The van der Waals surface area contributed by atoms with Crippen LogP contribution >= 0.6 is 0 Å². The number of hydrogen-bond donors (Lipinski definition) is 1. The van der Waals surface area contributed by atoms with Gasteiger partial charge in [0.1, 0.15) is 17.2 Å². The first kappa shape index (κ1) is 23.0. The minimum absolute atomic E-state index is 0.124. The number of rotatable bonds is 4. The van der Waals surface area contributed by atoms with E-state index in [1.807, 2.05) is 26.8 Å². The molecule has 0 atom stereocenters. The summed E-state index contributed by atoms with van der Waals surface area (Å²) in [6.45, 7) is 8.66. The first-order chi connectivity index (χ1) is 13.6. The molecule has 29 heavy (non-hydrogen) atoms. The summed E-state index contributed by atoms with van der Waals surface area (Å²) in [6.07, 6.45) is 4.59. The summed E-state index contributed by atoms with van der Waals surface area (Å²) in [6, 6.07) is 2.33. The summed E-state index contributed by atoms with van der Waals surface area (Å²) in [7, 11) is 3.86. The molecule has 8 heteroatoms. The summed E-state index contributed by atoms with van der Waals surface area (Å²) in [4.78, 5) is 30.5. The Hall–Kier alpha value is -2.27. The van der Waals surface area contributed by atoms with Gasteiger partial charge in [0, 0.05) is 38.4 Å². The number of amides is 2. The molecule has 0 radical (unpaired) electrons. The molecule has 0 saturated carbocycles. The SMILES string of the molecule is CN1CCC(N(C)C(=O)/C(C#N)=C\NC2CCN(C(=O)OC(C)(C)C)CC2)CC1. The minimum Gasteiger partial charge on any atom is -0.444 e. The van der Waals surface area contributed by atoms with Crippen molar-refractivity contribution in [2.24, 2.45) is 0 Å². The molecular formula is C21H35N5O3. The molecule has 0 aromatic heterocycles. The Kier molecular flexibility index (Phi) is 7.91. The van der Waals surface area contributed by atoms with Gasteiger partial charge in [0.05, 0.1) is 0 Å². The number of nitrogens with one attached hydrogen (secondary N) is 1. The van der Waals surface area contributed by atoms with Crippen LogP contribution in [-0.4, -0.2) is 84.7 Å². The average Bonchev–Trinajstić information content (AvgIpc) is 2.67. The maximum atomic E-state index is 12.7. The first-order valence-corrected chi connectivity index (χ1v) is 10.4. The van der Waals surface area contributed by atoms with Crippen molar-refractivity contribution >= 4 is 12.0 Å². The molecule has 0 aliphatic carbocycles. The highest BCUT2D eigenvalue weighted by atomic mass is 16.6. The highest BCUT2D eigenvalue weighted by Crippen LogP contribution is 2.17. The number of carbonyl (C=O) groups is 2. The number of nitrogens with zero attached hydrogens (tertiary/aromatic N) is 4. The number of piperidine rings is 2. The minimum atomic E-state index is -0.503. The molecule has 0 spiro atoms. The van der Waals surface area contributed by atoms with E-state index in [0.717, 1.165) is 38.8 Å². The predicted octanol–water partition coefficient (Wildman–Crippen LogP) is 1.94. The fourth-order valence-electron chi connectivity index (χ4n) is 3.64. The van der Waals surface area contributed by atoms with Crippen molar-refractivity contribution in [3.05, 3.63) is 11.8 Å². The standard InChI is InChI=1S/C21H35N5O3/c1-21(2,3)29-20(28)26-12-6-17(7-13-26)23-15-16(14-22)19(27)25(5)18-8-10-24(4)11-9-18/h15,17-18,23H,6-13H2,1-5H3/b16-15-. The summed E-state index contributed by atoms with van der Waals surface area (Å²) in [5, 5.41) is 12.7. The van der Waals surface area contributed by atoms with Gasteiger partial charge in [0.2, 0.25) is 0 Å². The van der Waals surface area contributed by atoms with Crippen LogP contribution in [0.4, 0.5) is 4.79 Å². The predicted molar refractivity (Wildman–Crippen MR) is 111 cm³/mol. The van der Waals surface area contributed by atoms with E-state index in [2.05, 4.69) is 17.3 Å². The monoisotopic (exact) mass is 405 g/mol. The molecule has 8 nitrogen and oxygen atoms in total. The number of likely N-dealkylation sites (tertiary alicyclic amines) is 2. The lowest BCUT2D eigenvalue weighted by Gasteiger charge is -2.35. The van der Waals surface area contributed by atoms with Crippen LogP contribution in [0.3, 0.4) is 0 Å². The van der Waals surface area contributed by atoms with Crippen LogP contribution < -0.4 is 5.32 Å². The fraction of sp³-hybridized carbons (Fsp3) is 0.762. The molecule has 2 rings (SSSR count). The summed E-state index contributed by atoms with van der Waals surface area (Å²) >= 11 is 0. The molecule has 2 heterocycles. The molecule has 2 fully saturated rings. The van der Waals surface area contributed by atoms with Gasteiger partial charge in [-0.2, -0.15) is 5.26 Å². The molecule has 2 amide bonds. The van der Waals surface area contributed by atoms with E-state index >= 15 is 0 Å². The van der Waals surface area contributed by atoms with Crippen LogP contribution in [0.5, 0.6) is 0 Å². The van der Waals surface area contributed by atoms with E-state index in [0.29, 0.717) is 13.1 Å². The third-order valence-corrected chi connectivity index (χ3v) is 5.52. The number of ether oxygens (including phenoxy) is 1. The molecular weight excluding hydrogens is 370 g/mol. The highest BCUT2D eigenvalue weighted by molar-refractivity contribution is 5.97. The number of carbonyl (C=O) groups excluding carboxylic acids is 2. The van der Waals surface area contributed by atoms with Crippen LogP contribution in [0.25, 0.3) is 0 Å². The van der Waals surface area contributed by atoms with Gasteiger partial charge >= 0.3 is 6.09 Å². The first-order valence-electron chi connectivity index (χ1n) is 10.4. The van der Waals surface area contributed by atoms with Crippen LogP contribution in [-0.2, 0) is 9.53 Å². The molecule has 0 aromatic carbocycles. The number of likely N-dealkylation sites (N-methyl/N-ethyl adjacent to an activating group) is 1. The molecule has 2 saturated heterocycles. The van der Waals surface area contributed by atoms with Crippen LogP contribution in [0.1, 0.15) is 46.5 Å². The second-order valence-corrected chi connectivity index (χ2v) is 9.03. The van der Waals surface area contributed by atoms with Gasteiger partial charge in [-0.1, -0.05) is 0 Å². The molecule has 0 aromatic rings. The van der Waals surface area contributed by atoms with Gasteiger partial charge in [0.15, 0.2) is 0 Å². The normalized spacial score (nSPS) is 20.1. The van der Waals surface area contributed by atoms with Crippen LogP contribution in [0.2, 0.25) is 0 Å². The average molecular weight is 406 g/mol. The van der Waals surface area contributed by atoms with Gasteiger partial charge in [-0.25, -0.2) is 4.79 Å². The van der Waals surface area contributed by atoms with Crippen molar-refractivity contribution in [1.82, 2.24) is 20.0 Å². The van der Waals surface area contributed by atoms with E-state index in [4.69, 9.17) is 4.74 Å². The van der Waals surface area contributed by atoms with Crippen LogP contribution in [0.15, 0.2) is 11.8 Å². The lowest BCUT2D eigenvalue weighted by molar-refractivity contribution is -0.128. The van der Waals surface area contributed by atoms with Crippen molar-refractivity contribution in [2.45, 2.75) is 64.1 Å². The highest BCUT2D eigenvalue weighted by Gasteiger charge is 2.28.